The van der Waals surface area contributed by atoms with Gasteiger partial charge in [-0.05, 0) is 61.0 Å². The predicted molar refractivity (Wildman–Crippen MR) is 116 cm³/mol. The zero-order chi connectivity index (χ0) is 20.1. The molecule has 146 valence electrons. The van der Waals surface area contributed by atoms with Crippen LogP contribution in [0.25, 0.3) is 22.7 Å². The molecular weight excluding hydrogens is 392 g/mol. The van der Waals surface area contributed by atoms with E-state index in [0.29, 0.717) is 4.90 Å². The van der Waals surface area contributed by atoms with Crippen LogP contribution in [-0.2, 0) is 22.8 Å². The average molecular weight is 415 g/mol. The first kappa shape index (κ1) is 19.2. The number of sulfone groups is 1. The van der Waals surface area contributed by atoms with Crippen LogP contribution in [0.3, 0.4) is 0 Å². The highest BCUT2D eigenvalue weighted by Gasteiger charge is 2.22. The lowest BCUT2D eigenvalue weighted by Crippen LogP contribution is -2.26. The first-order chi connectivity index (χ1) is 13.2. The second-order valence-corrected chi connectivity index (χ2v) is 10.0. The highest BCUT2D eigenvalue weighted by Crippen LogP contribution is 2.33. The molecule has 0 amide bonds. The second-order valence-electron chi connectivity index (χ2n) is 7.56. The summed E-state index contributed by atoms with van der Waals surface area (Å²) < 4.78 is 26.1. The van der Waals surface area contributed by atoms with Gasteiger partial charge in [-0.15, -0.1) is 0 Å². The molecule has 4 nitrogen and oxygen atoms in total. The van der Waals surface area contributed by atoms with E-state index in [4.69, 9.17) is 11.6 Å². The van der Waals surface area contributed by atoms with Crippen LogP contribution < -0.4 is 0 Å². The quantitative estimate of drug-likeness (QED) is 0.623. The number of allylic oxidation sites excluding steroid dienone is 1. The Morgan fingerprint density at radius 2 is 1.96 bits per heavy atom. The molecule has 6 heteroatoms. The van der Waals surface area contributed by atoms with Gasteiger partial charge in [-0.2, -0.15) is 0 Å². The van der Waals surface area contributed by atoms with Crippen LogP contribution in [0.5, 0.6) is 0 Å². The Bertz CT molecular complexity index is 1210. The van der Waals surface area contributed by atoms with Crippen LogP contribution in [0.15, 0.2) is 47.4 Å². The zero-order valence-corrected chi connectivity index (χ0v) is 17.8. The number of halogens is 1. The minimum atomic E-state index is -3.24. The van der Waals surface area contributed by atoms with E-state index >= 15 is 0 Å². The van der Waals surface area contributed by atoms with Gasteiger partial charge in [0.05, 0.1) is 10.4 Å². The van der Waals surface area contributed by atoms with Crippen molar-refractivity contribution in [2.24, 2.45) is 0 Å². The number of aromatic nitrogens is 1. The summed E-state index contributed by atoms with van der Waals surface area (Å²) in [5.41, 5.74) is 5.66. The number of hydrogen-bond donors (Lipinski definition) is 0. The zero-order valence-electron chi connectivity index (χ0n) is 16.2. The molecule has 1 aliphatic heterocycles. The van der Waals surface area contributed by atoms with Gasteiger partial charge in [0, 0.05) is 48.1 Å². The molecule has 0 spiro atoms. The fourth-order valence-corrected chi connectivity index (χ4v) is 4.73. The Balaban J connectivity index is 1.88. The molecule has 1 aromatic heterocycles. The summed E-state index contributed by atoms with van der Waals surface area (Å²) in [6, 6.07) is 13.1. The van der Waals surface area contributed by atoms with Gasteiger partial charge in [-0.3, -0.25) is 0 Å². The number of benzene rings is 2. The van der Waals surface area contributed by atoms with Crippen molar-refractivity contribution in [3.05, 3.63) is 64.3 Å². The van der Waals surface area contributed by atoms with Crippen LogP contribution in [0, 0.1) is 0 Å². The highest BCUT2D eigenvalue weighted by atomic mass is 35.5. The lowest BCUT2D eigenvalue weighted by Gasteiger charge is -2.23. The van der Waals surface area contributed by atoms with E-state index in [2.05, 4.69) is 28.8 Å². The van der Waals surface area contributed by atoms with Crippen molar-refractivity contribution in [1.82, 2.24) is 9.47 Å². The SMILES string of the molecule is CC(=Cn1c2c(c3cc(Cl)ccc31)CN(C)CC2)c1cccc(S(C)(=O)=O)c1. The third-order valence-electron chi connectivity index (χ3n) is 5.38. The summed E-state index contributed by atoms with van der Waals surface area (Å²) in [6.45, 7) is 3.92. The van der Waals surface area contributed by atoms with Gasteiger partial charge < -0.3 is 9.47 Å². The maximum absolute atomic E-state index is 11.9. The predicted octanol–water partition coefficient (Wildman–Crippen LogP) is 4.70. The maximum atomic E-state index is 11.9. The lowest BCUT2D eigenvalue weighted by atomic mass is 10.1. The molecule has 0 unspecified atom stereocenters. The molecule has 0 fully saturated rings. The molecule has 1 aliphatic rings. The monoisotopic (exact) mass is 414 g/mol. The molecule has 4 rings (SSSR count). The molecule has 0 aliphatic carbocycles. The molecular formula is C22H23ClN2O2S. The number of likely N-dealkylation sites (N-methyl/N-ethyl adjacent to an activating group) is 1. The van der Waals surface area contributed by atoms with Crippen molar-refractivity contribution in [2.45, 2.75) is 24.8 Å². The van der Waals surface area contributed by atoms with Gasteiger partial charge in [0.25, 0.3) is 0 Å². The van der Waals surface area contributed by atoms with Crippen molar-refractivity contribution in [3.8, 4) is 0 Å². The first-order valence-electron chi connectivity index (χ1n) is 9.22. The van der Waals surface area contributed by atoms with Crippen LogP contribution in [0.4, 0.5) is 0 Å². The molecule has 28 heavy (non-hydrogen) atoms. The summed E-state index contributed by atoms with van der Waals surface area (Å²) in [7, 11) is -1.10. The van der Waals surface area contributed by atoms with E-state index in [9.17, 15) is 8.42 Å². The Morgan fingerprint density at radius 3 is 2.71 bits per heavy atom. The largest absolute Gasteiger partial charge is 0.320 e. The Hall–Kier alpha value is -2.08. The Kier molecular flexibility index (Phi) is 4.86. The van der Waals surface area contributed by atoms with Gasteiger partial charge in [0.15, 0.2) is 9.84 Å². The average Bonchev–Trinajstić information content (AvgIpc) is 2.93. The Labute approximate surface area is 171 Å². The van der Waals surface area contributed by atoms with Crippen LogP contribution in [-0.4, -0.2) is 37.7 Å². The van der Waals surface area contributed by atoms with E-state index in [1.807, 2.05) is 25.1 Å². The topological polar surface area (TPSA) is 42.3 Å². The first-order valence-corrected chi connectivity index (χ1v) is 11.5. The molecule has 3 aromatic rings. The molecule has 0 N–H and O–H groups in total. The number of fused-ring (bicyclic) bond motifs is 3. The minimum absolute atomic E-state index is 0.338. The molecule has 0 radical (unpaired) electrons. The van der Waals surface area contributed by atoms with Gasteiger partial charge in [0.2, 0.25) is 0 Å². The number of nitrogens with zero attached hydrogens (tertiary/aromatic N) is 2. The van der Waals surface area contributed by atoms with Crippen molar-refractivity contribution < 1.29 is 8.42 Å². The standard InChI is InChI=1S/C22H23ClN2O2S/c1-15(16-5-4-6-18(11-16)28(3,26)27)13-25-21-8-7-17(23)12-19(21)20-14-24(2)10-9-22(20)25/h4-8,11-13H,9-10,14H2,1-3H3. The van der Waals surface area contributed by atoms with Crippen molar-refractivity contribution in [1.29, 1.82) is 0 Å². The fraction of sp³-hybridized carbons (Fsp3) is 0.273. The van der Waals surface area contributed by atoms with Crippen LogP contribution in [0.1, 0.15) is 23.7 Å². The number of hydrogen-bond acceptors (Lipinski definition) is 3. The van der Waals surface area contributed by atoms with Gasteiger partial charge in [-0.1, -0.05) is 23.7 Å². The molecule has 0 atom stereocenters. The number of rotatable bonds is 3. The van der Waals surface area contributed by atoms with Gasteiger partial charge in [-0.25, -0.2) is 8.42 Å². The minimum Gasteiger partial charge on any atom is -0.320 e. The Morgan fingerprint density at radius 1 is 1.18 bits per heavy atom. The van der Waals surface area contributed by atoms with E-state index in [-0.39, 0.29) is 0 Å². The smallest absolute Gasteiger partial charge is 0.175 e. The van der Waals surface area contributed by atoms with Crippen LogP contribution in [0.2, 0.25) is 5.02 Å². The fourth-order valence-electron chi connectivity index (χ4n) is 3.89. The molecule has 0 saturated heterocycles. The lowest BCUT2D eigenvalue weighted by molar-refractivity contribution is 0.312. The van der Waals surface area contributed by atoms with E-state index in [0.717, 1.165) is 41.2 Å². The van der Waals surface area contributed by atoms with Crippen LogP contribution >= 0.6 is 11.6 Å². The van der Waals surface area contributed by atoms with Crippen molar-refractivity contribution in [3.63, 3.8) is 0 Å². The maximum Gasteiger partial charge on any atom is 0.175 e. The van der Waals surface area contributed by atoms with E-state index in [1.54, 1.807) is 18.2 Å². The second kappa shape index (κ2) is 7.07. The summed E-state index contributed by atoms with van der Waals surface area (Å²) in [5.74, 6) is 0. The van der Waals surface area contributed by atoms with Crippen molar-refractivity contribution >= 4 is 44.1 Å². The van der Waals surface area contributed by atoms with E-state index < -0.39 is 9.84 Å². The third-order valence-corrected chi connectivity index (χ3v) is 6.73. The normalized spacial score (nSPS) is 15.8. The summed E-state index contributed by atoms with van der Waals surface area (Å²) >= 11 is 6.27. The van der Waals surface area contributed by atoms with Crippen molar-refractivity contribution in [2.75, 3.05) is 19.8 Å². The summed E-state index contributed by atoms with van der Waals surface area (Å²) in [6.07, 6.45) is 4.31. The third kappa shape index (κ3) is 3.50. The van der Waals surface area contributed by atoms with Gasteiger partial charge in [0.1, 0.15) is 0 Å². The molecule has 0 saturated carbocycles. The summed E-state index contributed by atoms with van der Waals surface area (Å²) in [5, 5.41) is 1.92. The van der Waals surface area contributed by atoms with Gasteiger partial charge >= 0.3 is 0 Å². The summed E-state index contributed by atoms with van der Waals surface area (Å²) in [4.78, 5) is 2.66. The molecule has 2 aromatic carbocycles. The molecule has 2 heterocycles. The highest BCUT2D eigenvalue weighted by molar-refractivity contribution is 7.90. The van der Waals surface area contributed by atoms with E-state index in [1.165, 1.54) is 22.9 Å². The molecule has 0 bridgehead atoms.